The molecule has 2 aliphatic heterocycles. The van der Waals surface area contributed by atoms with E-state index >= 15 is 0 Å². The predicted molar refractivity (Wildman–Crippen MR) is 144 cm³/mol. The van der Waals surface area contributed by atoms with Crippen LogP contribution in [-0.2, 0) is 5.60 Å². The number of hydrogen-bond donors (Lipinski definition) is 2. The number of amidine groups is 1. The first-order chi connectivity index (χ1) is 17.0. The van der Waals surface area contributed by atoms with E-state index in [9.17, 15) is 5.11 Å². The molecule has 3 heterocycles. The first-order valence-corrected chi connectivity index (χ1v) is 12.2. The van der Waals surface area contributed by atoms with E-state index in [0.717, 1.165) is 22.8 Å². The number of hydrogen-bond acceptors (Lipinski definition) is 6. The molecule has 1 aromatic heterocycles. The maximum Gasteiger partial charge on any atom is 0.156 e. The van der Waals surface area contributed by atoms with Gasteiger partial charge in [-0.15, -0.1) is 0 Å². The van der Waals surface area contributed by atoms with Gasteiger partial charge in [0.05, 0.1) is 12.1 Å². The molecule has 0 amide bonds. The summed E-state index contributed by atoms with van der Waals surface area (Å²) in [5, 5.41) is 15.3. The number of anilines is 2. The molecular weight excluding hydrogens is 458 g/mol. The molecule has 2 N–H and O–H groups in total. The van der Waals surface area contributed by atoms with E-state index < -0.39 is 5.60 Å². The summed E-state index contributed by atoms with van der Waals surface area (Å²) < 4.78 is 0. The molecular formula is C28H28ClN5O. The number of piperidine rings is 1. The number of aliphatic imine (C=N–C) groups is 1. The minimum Gasteiger partial charge on any atom is -0.385 e. The van der Waals surface area contributed by atoms with Crippen LogP contribution < -0.4 is 10.2 Å². The quantitative estimate of drug-likeness (QED) is 0.495. The summed E-state index contributed by atoms with van der Waals surface area (Å²) in [4.78, 5) is 16.3. The Morgan fingerprint density at radius 2 is 1.74 bits per heavy atom. The molecule has 3 aromatic rings. The Morgan fingerprint density at radius 1 is 1.00 bits per heavy atom. The zero-order valence-electron chi connectivity index (χ0n) is 19.7. The van der Waals surface area contributed by atoms with E-state index in [1.807, 2.05) is 78.9 Å². The van der Waals surface area contributed by atoms with Gasteiger partial charge in [0.1, 0.15) is 17.5 Å². The molecule has 1 fully saturated rings. The van der Waals surface area contributed by atoms with Crippen molar-refractivity contribution in [1.82, 2.24) is 9.97 Å². The van der Waals surface area contributed by atoms with Gasteiger partial charge in [-0.1, -0.05) is 60.1 Å². The minimum absolute atomic E-state index is 0.602. The third-order valence-electron chi connectivity index (χ3n) is 6.39. The molecule has 2 aliphatic rings. The Morgan fingerprint density at radius 3 is 2.43 bits per heavy atom. The van der Waals surface area contributed by atoms with Gasteiger partial charge in [-0.2, -0.15) is 0 Å². The molecule has 2 aromatic carbocycles. The van der Waals surface area contributed by atoms with Crippen LogP contribution in [0.25, 0.3) is 12.2 Å². The number of benzene rings is 2. The van der Waals surface area contributed by atoms with Gasteiger partial charge in [0.25, 0.3) is 0 Å². The van der Waals surface area contributed by atoms with Crippen LogP contribution in [0.15, 0.2) is 77.3 Å². The second kappa shape index (κ2) is 10.0. The number of aromatic nitrogens is 2. The summed E-state index contributed by atoms with van der Waals surface area (Å²) in [5.41, 5.74) is 2.33. The van der Waals surface area contributed by atoms with E-state index in [0.29, 0.717) is 49.1 Å². The van der Waals surface area contributed by atoms with Crippen molar-refractivity contribution in [3.8, 4) is 0 Å². The second-order valence-electron chi connectivity index (χ2n) is 9.06. The van der Waals surface area contributed by atoms with Crippen molar-refractivity contribution in [3.63, 3.8) is 0 Å². The van der Waals surface area contributed by atoms with Gasteiger partial charge in [0.15, 0.2) is 5.82 Å². The third-order valence-corrected chi connectivity index (χ3v) is 6.64. The largest absolute Gasteiger partial charge is 0.385 e. The molecule has 0 atom stereocenters. The number of rotatable bonds is 5. The molecule has 1 saturated heterocycles. The first-order valence-electron chi connectivity index (χ1n) is 11.8. The van der Waals surface area contributed by atoms with Crippen LogP contribution in [0.2, 0.25) is 5.02 Å². The molecule has 0 unspecified atom stereocenters. The zero-order chi connectivity index (χ0) is 24.3. The fourth-order valence-corrected chi connectivity index (χ4v) is 4.51. The SMILES string of the molecule is CC1=CC(Nc2cc(N3CCC(O)(c4ccc(Cl)cc4)CC3)nc(/C=C/c3ccccc3)n2)=NC1. The highest BCUT2D eigenvalue weighted by Gasteiger charge is 2.34. The zero-order valence-corrected chi connectivity index (χ0v) is 20.4. The molecule has 6 nitrogen and oxygen atoms in total. The molecule has 0 aliphatic carbocycles. The van der Waals surface area contributed by atoms with Crippen molar-refractivity contribution >= 4 is 41.2 Å². The summed E-state index contributed by atoms with van der Waals surface area (Å²) in [6, 6.07) is 19.5. The highest BCUT2D eigenvalue weighted by molar-refractivity contribution is 6.30. The van der Waals surface area contributed by atoms with Crippen molar-refractivity contribution in [1.29, 1.82) is 0 Å². The lowest BCUT2D eigenvalue weighted by Crippen LogP contribution is -2.43. The van der Waals surface area contributed by atoms with Gasteiger partial charge in [0.2, 0.25) is 0 Å². The van der Waals surface area contributed by atoms with Crippen LogP contribution in [0.4, 0.5) is 11.6 Å². The summed E-state index contributed by atoms with van der Waals surface area (Å²) in [6.07, 6.45) is 7.18. The van der Waals surface area contributed by atoms with Crippen LogP contribution in [0.3, 0.4) is 0 Å². The molecule has 7 heteroatoms. The molecule has 35 heavy (non-hydrogen) atoms. The summed E-state index contributed by atoms with van der Waals surface area (Å²) >= 11 is 6.03. The predicted octanol–water partition coefficient (Wildman–Crippen LogP) is 5.56. The van der Waals surface area contributed by atoms with Gasteiger partial charge in [-0.25, -0.2) is 9.97 Å². The van der Waals surface area contributed by atoms with Gasteiger partial charge in [-0.05, 0) is 60.8 Å². The van der Waals surface area contributed by atoms with Crippen molar-refractivity contribution in [3.05, 3.63) is 94.3 Å². The van der Waals surface area contributed by atoms with E-state index in [1.54, 1.807) is 0 Å². The average molecular weight is 486 g/mol. The number of aliphatic hydroxyl groups is 1. The second-order valence-corrected chi connectivity index (χ2v) is 9.49. The van der Waals surface area contributed by atoms with Crippen LogP contribution in [0, 0.1) is 0 Å². The van der Waals surface area contributed by atoms with E-state index in [2.05, 4.69) is 22.1 Å². The molecule has 5 rings (SSSR count). The first kappa shape index (κ1) is 23.3. The highest BCUT2D eigenvalue weighted by Crippen LogP contribution is 2.35. The molecule has 0 radical (unpaired) electrons. The standard InChI is InChI=1S/C28H28ClN5O/c1-20-17-25(30-19-20)32-26-18-27(33-24(31-26)12-7-21-5-3-2-4-6-21)34-15-13-28(35,14-16-34)22-8-10-23(29)11-9-22/h2-12,17-18,35H,13-16,19H2,1H3,(H,30,31,32,33)/b12-7+. The molecule has 0 spiro atoms. The van der Waals surface area contributed by atoms with Gasteiger partial charge in [0, 0.05) is 24.2 Å². The Hall–Kier alpha value is -3.48. The monoisotopic (exact) mass is 485 g/mol. The Kier molecular flexibility index (Phi) is 6.66. The van der Waals surface area contributed by atoms with Gasteiger partial charge in [-0.3, -0.25) is 4.99 Å². The highest BCUT2D eigenvalue weighted by atomic mass is 35.5. The van der Waals surface area contributed by atoms with Gasteiger partial charge >= 0.3 is 0 Å². The lowest BCUT2D eigenvalue weighted by Gasteiger charge is -2.39. The Labute approximate surface area is 210 Å². The number of nitrogens with zero attached hydrogens (tertiary/aromatic N) is 4. The molecule has 178 valence electrons. The normalized spacial score (nSPS) is 17.4. The minimum atomic E-state index is -0.869. The lowest BCUT2D eigenvalue weighted by molar-refractivity contribution is 0.0116. The van der Waals surface area contributed by atoms with E-state index in [1.165, 1.54) is 5.57 Å². The Balaban J connectivity index is 1.38. The third kappa shape index (κ3) is 5.61. The van der Waals surface area contributed by atoms with Gasteiger partial charge < -0.3 is 15.3 Å². The van der Waals surface area contributed by atoms with Crippen molar-refractivity contribution in [2.24, 2.45) is 4.99 Å². The summed E-state index contributed by atoms with van der Waals surface area (Å²) in [6.45, 7) is 4.12. The maximum atomic E-state index is 11.3. The summed E-state index contributed by atoms with van der Waals surface area (Å²) in [7, 11) is 0. The fraction of sp³-hybridized carbons (Fsp3) is 0.250. The van der Waals surface area contributed by atoms with Crippen molar-refractivity contribution < 1.29 is 5.11 Å². The molecule has 0 bridgehead atoms. The number of nitrogens with one attached hydrogen (secondary N) is 1. The van der Waals surface area contributed by atoms with E-state index in [-0.39, 0.29) is 0 Å². The number of halogens is 1. The maximum absolute atomic E-state index is 11.3. The fourth-order valence-electron chi connectivity index (χ4n) is 4.38. The summed E-state index contributed by atoms with van der Waals surface area (Å²) in [5.74, 6) is 2.95. The molecule has 0 saturated carbocycles. The van der Waals surface area contributed by atoms with Crippen LogP contribution in [0.1, 0.15) is 36.7 Å². The topological polar surface area (TPSA) is 73.6 Å². The van der Waals surface area contributed by atoms with Crippen LogP contribution in [0.5, 0.6) is 0 Å². The van der Waals surface area contributed by atoms with Crippen LogP contribution in [-0.4, -0.2) is 40.5 Å². The van der Waals surface area contributed by atoms with Crippen molar-refractivity contribution in [2.45, 2.75) is 25.4 Å². The smallest absolute Gasteiger partial charge is 0.156 e. The average Bonchev–Trinajstić information content (AvgIpc) is 3.28. The lowest BCUT2D eigenvalue weighted by atomic mass is 9.84. The van der Waals surface area contributed by atoms with Crippen LogP contribution >= 0.6 is 11.6 Å². The Bertz CT molecular complexity index is 1280. The van der Waals surface area contributed by atoms with Crippen molar-refractivity contribution in [2.75, 3.05) is 29.9 Å². The van der Waals surface area contributed by atoms with E-state index in [4.69, 9.17) is 21.6 Å².